The molecule has 1 N–H and O–H groups in total. The van der Waals surface area contributed by atoms with E-state index in [4.69, 9.17) is 23.2 Å². The molecule has 114 valence electrons. The molecular weight excluding hydrogens is 355 g/mol. The molecule has 0 unspecified atom stereocenters. The summed E-state index contributed by atoms with van der Waals surface area (Å²) in [6.07, 6.45) is 6.51. The van der Waals surface area contributed by atoms with Crippen molar-refractivity contribution in [1.82, 2.24) is 24.7 Å². The first-order valence-corrected chi connectivity index (χ1v) is 8.15. The van der Waals surface area contributed by atoms with Gasteiger partial charge in [-0.15, -0.1) is 11.3 Å². The van der Waals surface area contributed by atoms with Gasteiger partial charge in [-0.25, -0.2) is 19.6 Å². The molecule has 0 atom stereocenters. The minimum Gasteiger partial charge on any atom is -0.337 e. The van der Waals surface area contributed by atoms with Crippen LogP contribution in [0.1, 0.15) is 0 Å². The maximum absolute atomic E-state index is 6.15. The van der Waals surface area contributed by atoms with Crippen LogP contribution in [0.4, 0.5) is 11.5 Å². The van der Waals surface area contributed by atoms with Crippen molar-refractivity contribution in [2.75, 3.05) is 5.32 Å². The van der Waals surface area contributed by atoms with Gasteiger partial charge in [0, 0.05) is 6.20 Å². The molecule has 23 heavy (non-hydrogen) atoms. The summed E-state index contributed by atoms with van der Waals surface area (Å²) in [6, 6.07) is 3.60. The molecule has 0 saturated carbocycles. The lowest BCUT2D eigenvalue weighted by Gasteiger charge is -2.04. The summed E-state index contributed by atoms with van der Waals surface area (Å²) in [6.45, 7) is 0. The topological polar surface area (TPSA) is 68.5 Å². The number of pyridine rings is 1. The second-order valence-corrected chi connectivity index (χ2v) is 6.36. The van der Waals surface area contributed by atoms with E-state index in [2.05, 4.69) is 25.4 Å². The number of nitrogens with zero attached hydrogens (tertiary/aromatic N) is 5. The fourth-order valence-corrected chi connectivity index (χ4v) is 3.30. The lowest BCUT2D eigenvalue weighted by atomic mass is 10.3. The van der Waals surface area contributed by atoms with Gasteiger partial charge in [-0.2, -0.15) is 5.10 Å². The number of thiophene rings is 1. The SMILES string of the molecule is Clc1cnc(-n2cc(Nc3ncnc4sccc34)cn2)c(Cl)c1. The van der Waals surface area contributed by atoms with Crippen LogP contribution in [-0.4, -0.2) is 24.7 Å². The van der Waals surface area contributed by atoms with Gasteiger partial charge in [-0.1, -0.05) is 23.2 Å². The first kappa shape index (κ1) is 14.4. The fraction of sp³-hybridized carbons (Fsp3) is 0. The van der Waals surface area contributed by atoms with Gasteiger partial charge in [0.15, 0.2) is 5.82 Å². The fourth-order valence-electron chi connectivity index (χ4n) is 2.11. The third kappa shape index (κ3) is 2.74. The maximum atomic E-state index is 6.15. The number of hydrogen-bond donors (Lipinski definition) is 1. The highest BCUT2D eigenvalue weighted by Gasteiger charge is 2.10. The first-order valence-electron chi connectivity index (χ1n) is 6.52. The Hall–Kier alpha value is -2.22. The number of anilines is 2. The summed E-state index contributed by atoms with van der Waals surface area (Å²) < 4.78 is 1.58. The zero-order valence-electron chi connectivity index (χ0n) is 11.4. The van der Waals surface area contributed by atoms with Gasteiger partial charge in [0.1, 0.15) is 17.0 Å². The Morgan fingerprint density at radius 2 is 2.04 bits per heavy atom. The third-order valence-electron chi connectivity index (χ3n) is 3.11. The molecule has 0 aliphatic heterocycles. The Balaban J connectivity index is 1.67. The van der Waals surface area contributed by atoms with Crippen LogP contribution in [0.2, 0.25) is 10.0 Å². The highest BCUT2D eigenvalue weighted by atomic mass is 35.5. The Labute approximate surface area is 144 Å². The summed E-state index contributed by atoms with van der Waals surface area (Å²) in [7, 11) is 0. The molecule has 0 aromatic carbocycles. The quantitative estimate of drug-likeness (QED) is 0.587. The Morgan fingerprint density at radius 1 is 1.13 bits per heavy atom. The van der Waals surface area contributed by atoms with Gasteiger partial charge in [-0.05, 0) is 17.5 Å². The van der Waals surface area contributed by atoms with Crippen LogP contribution in [0.15, 0.2) is 42.4 Å². The largest absolute Gasteiger partial charge is 0.337 e. The van der Waals surface area contributed by atoms with E-state index in [1.54, 1.807) is 34.5 Å². The van der Waals surface area contributed by atoms with Crippen molar-refractivity contribution in [1.29, 1.82) is 0 Å². The molecule has 4 aromatic heterocycles. The number of rotatable bonds is 3. The van der Waals surface area contributed by atoms with Crippen molar-refractivity contribution in [3.8, 4) is 5.82 Å². The predicted molar refractivity (Wildman–Crippen MR) is 92.1 cm³/mol. The smallest absolute Gasteiger partial charge is 0.172 e. The minimum atomic E-state index is 0.425. The number of hydrogen-bond acceptors (Lipinski definition) is 6. The van der Waals surface area contributed by atoms with Gasteiger partial charge in [0.25, 0.3) is 0 Å². The molecule has 0 spiro atoms. The lowest BCUT2D eigenvalue weighted by molar-refractivity contribution is 0.847. The van der Waals surface area contributed by atoms with E-state index < -0.39 is 0 Å². The molecule has 0 bridgehead atoms. The number of nitrogens with one attached hydrogen (secondary N) is 1. The molecule has 0 radical (unpaired) electrons. The van der Waals surface area contributed by atoms with Crippen LogP contribution in [-0.2, 0) is 0 Å². The van der Waals surface area contributed by atoms with E-state index in [9.17, 15) is 0 Å². The van der Waals surface area contributed by atoms with Crippen LogP contribution in [0, 0.1) is 0 Å². The van der Waals surface area contributed by atoms with E-state index in [1.807, 2.05) is 11.4 Å². The average Bonchev–Trinajstić information content (AvgIpc) is 3.17. The van der Waals surface area contributed by atoms with Crippen molar-refractivity contribution in [3.63, 3.8) is 0 Å². The molecule has 0 fully saturated rings. The first-order chi connectivity index (χ1) is 11.2. The zero-order chi connectivity index (χ0) is 15.8. The third-order valence-corrected chi connectivity index (χ3v) is 4.42. The van der Waals surface area contributed by atoms with Gasteiger partial charge >= 0.3 is 0 Å². The van der Waals surface area contributed by atoms with Crippen molar-refractivity contribution in [2.24, 2.45) is 0 Å². The standard InChI is InChI=1S/C14H8Cl2N6S/c15-8-3-11(16)13(17-4-8)22-6-9(5-20-22)21-12-10-1-2-23-14(10)19-7-18-12/h1-7H,(H,18,19,21). The second-order valence-electron chi connectivity index (χ2n) is 4.62. The lowest BCUT2D eigenvalue weighted by Crippen LogP contribution is -1.98. The van der Waals surface area contributed by atoms with E-state index in [-0.39, 0.29) is 0 Å². The molecule has 0 aliphatic rings. The highest BCUT2D eigenvalue weighted by Crippen LogP contribution is 2.27. The molecular formula is C14H8Cl2N6S. The van der Waals surface area contributed by atoms with Crippen molar-refractivity contribution in [2.45, 2.75) is 0 Å². The van der Waals surface area contributed by atoms with Crippen molar-refractivity contribution >= 4 is 56.3 Å². The Morgan fingerprint density at radius 3 is 2.91 bits per heavy atom. The van der Waals surface area contributed by atoms with Crippen LogP contribution < -0.4 is 5.32 Å². The maximum Gasteiger partial charge on any atom is 0.172 e. The second kappa shape index (κ2) is 5.77. The molecule has 4 rings (SSSR count). The summed E-state index contributed by atoms with van der Waals surface area (Å²) >= 11 is 13.6. The van der Waals surface area contributed by atoms with Gasteiger partial charge in [-0.3, -0.25) is 0 Å². The van der Waals surface area contributed by atoms with Crippen LogP contribution in [0.3, 0.4) is 0 Å². The molecule has 4 heterocycles. The molecule has 4 aromatic rings. The number of aromatic nitrogens is 5. The predicted octanol–water partition coefficient (Wildman–Crippen LogP) is 4.32. The summed E-state index contributed by atoms with van der Waals surface area (Å²) in [5.41, 5.74) is 0.768. The normalized spacial score (nSPS) is 11.0. The monoisotopic (exact) mass is 362 g/mol. The average molecular weight is 363 g/mol. The Kier molecular flexibility index (Phi) is 3.60. The van der Waals surface area contributed by atoms with Crippen LogP contribution in [0.5, 0.6) is 0 Å². The van der Waals surface area contributed by atoms with E-state index in [0.717, 1.165) is 21.7 Å². The van der Waals surface area contributed by atoms with Crippen LogP contribution in [0.25, 0.3) is 16.0 Å². The summed E-state index contributed by atoms with van der Waals surface area (Å²) in [4.78, 5) is 13.6. The zero-order valence-corrected chi connectivity index (χ0v) is 13.8. The van der Waals surface area contributed by atoms with Crippen LogP contribution >= 0.6 is 34.5 Å². The number of fused-ring (bicyclic) bond motifs is 1. The van der Waals surface area contributed by atoms with Crippen molar-refractivity contribution < 1.29 is 0 Å². The molecule has 0 amide bonds. The molecule has 0 aliphatic carbocycles. The highest BCUT2D eigenvalue weighted by molar-refractivity contribution is 7.16. The Bertz CT molecular complexity index is 996. The summed E-state index contributed by atoms with van der Waals surface area (Å²) in [5, 5.41) is 11.3. The van der Waals surface area contributed by atoms with E-state index in [0.29, 0.717) is 15.9 Å². The molecule has 6 nitrogen and oxygen atoms in total. The molecule has 9 heteroatoms. The minimum absolute atomic E-state index is 0.425. The van der Waals surface area contributed by atoms with E-state index >= 15 is 0 Å². The molecule has 0 saturated heterocycles. The van der Waals surface area contributed by atoms with Gasteiger partial charge in [0.05, 0.1) is 33.5 Å². The van der Waals surface area contributed by atoms with E-state index in [1.165, 1.54) is 12.5 Å². The number of halogens is 2. The summed E-state index contributed by atoms with van der Waals surface area (Å²) in [5.74, 6) is 1.23. The van der Waals surface area contributed by atoms with Crippen molar-refractivity contribution in [3.05, 3.63) is 52.5 Å². The van der Waals surface area contributed by atoms with Gasteiger partial charge in [0.2, 0.25) is 0 Å². The van der Waals surface area contributed by atoms with Gasteiger partial charge < -0.3 is 5.32 Å².